The average molecular weight is 335 g/mol. The van der Waals surface area contributed by atoms with Gasteiger partial charge in [0.25, 0.3) is 10.0 Å². The molecule has 0 radical (unpaired) electrons. The highest BCUT2D eigenvalue weighted by molar-refractivity contribution is 7.92. The van der Waals surface area contributed by atoms with Gasteiger partial charge in [-0.25, -0.2) is 12.8 Å². The second-order valence-corrected chi connectivity index (χ2v) is 6.79. The van der Waals surface area contributed by atoms with E-state index in [2.05, 4.69) is 6.58 Å². The van der Waals surface area contributed by atoms with Crippen LogP contribution in [0.25, 0.3) is 0 Å². The Labute approximate surface area is 135 Å². The molecule has 0 saturated heterocycles. The zero-order valence-electron chi connectivity index (χ0n) is 13.0. The maximum absolute atomic E-state index is 13.1. The van der Waals surface area contributed by atoms with E-state index in [1.165, 1.54) is 47.8 Å². The van der Waals surface area contributed by atoms with E-state index < -0.39 is 15.8 Å². The number of anilines is 1. The Morgan fingerprint density at radius 2 is 1.87 bits per heavy atom. The van der Waals surface area contributed by atoms with Gasteiger partial charge in [-0.3, -0.25) is 4.31 Å². The number of rotatable bonds is 6. The maximum Gasteiger partial charge on any atom is 0.264 e. The van der Waals surface area contributed by atoms with Crippen molar-refractivity contribution in [1.82, 2.24) is 0 Å². The molecule has 0 N–H and O–H groups in total. The summed E-state index contributed by atoms with van der Waals surface area (Å²) < 4.78 is 45.2. The lowest BCUT2D eigenvalue weighted by Crippen LogP contribution is -2.31. The summed E-state index contributed by atoms with van der Waals surface area (Å²) in [5.74, 6) is 0.186. The Hall–Kier alpha value is -2.34. The molecule has 4 nitrogen and oxygen atoms in total. The summed E-state index contributed by atoms with van der Waals surface area (Å²) in [6.45, 7) is 5.45. The van der Waals surface area contributed by atoms with Gasteiger partial charge >= 0.3 is 0 Å². The minimum atomic E-state index is -3.79. The molecular formula is C17H18FNO3S. The minimum Gasteiger partial charge on any atom is -0.496 e. The third kappa shape index (κ3) is 3.53. The van der Waals surface area contributed by atoms with Crippen LogP contribution >= 0.6 is 0 Å². The molecular weight excluding hydrogens is 317 g/mol. The van der Waals surface area contributed by atoms with Crippen LogP contribution in [0, 0.1) is 12.7 Å². The van der Waals surface area contributed by atoms with Crippen molar-refractivity contribution >= 4 is 15.7 Å². The van der Waals surface area contributed by atoms with Gasteiger partial charge in [0.05, 0.1) is 24.2 Å². The molecule has 2 aromatic rings. The highest BCUT2D eigenvalue weighted by Crippen LogP contribution is 2.27. The van der Waals surface area contributed by atoms with E-state index in [1.807, 2.05) is 0 Å². The van der Waals surface area contributed by atoms with Gasteiger partial charge in [0.2, 0.25) is 0 Å². The molecule has 23 heavy (non-hydrogen) atoms. The highest BCUT2D eigenvalue weighted by atomic mass is 32.2. The molecule has 0 unspecified atom stereocenters. The normalized spacial score (nSPS) is 11.1. The maximum atomic E-state index is 13.1. The van der Waals surface area contributed by atoms with Crippen molar-refractivity contribution in [3.05, 3.63) is 66.5 Å². The Morgan fingerprint density at radius 3 is 2.39 bits per heavy atom. The monoisotopic (exact) mass is 335 g/mol. The van der Waals surface area contributed by atoms with E-state index >= 15 is 0 Å². The summed E-state index contributed by atoms with van der Waals surface area (Å²) in [5, 5.41) is 0. The number of aryl methyl sites for hydroxylation is 1. The molecule has 0 heterocycles. The van der Waals surface area contributed by atoms with Crippen LogP contribution in [0.2, 0.25) is 0 Å². The van der Waals surface area contributed by atoms with Crippen LogP contribution in [0.5, 0.6) is 5.75 Å². The zero-order chi connectivity index (χ0) is 17.0. The molecule has 0 atom stereocenters. The van der Waals surface area contributed by atoms with E-state index in [0.717, 1.165) is 0 Å². The first-order valence-corrected chi connectivity index (χ1v) is 8.38. The van der Waals surface area contributed by atoms with E-state index in [4.69, 9.17) is 4.74 Å². The summed E-state index contributed by atoms with van der Waals surface area (Å²) in [6, 6.07) is 9.94. The largest absolute Gasteiger partial charge is 0.496 e. The van der Waals surface area contributed by atoms with Gasteiger partial charge in [0.15, 0.2) is 0 Å². The number of hydrogen-bond donors (Lipinski definition) is 0. The van der Waals surface area contributed by atoms with Crippen molar-refractivity contribution in [3.63, 3.8) is 0 Å². The number of hydrogen-bond acceptors (Lipinski definition) is 3. The highest BCUT2D eigenvalue weighted by Gasteiger charge is 2.24. The summed E-state index contributed by atoms with van der Waals surface area (Å²) in [7, 11) is -2.27. The van der Waals surface area contributed by atoms with Crippen molar-refractivity contribution in [2.45, 2.75) is 11.8 Å². The van der Waals surface area contributed by atoms with E-state index in [9.17, 15) is 12.8 Å². The third-order valence-electron chi connectivity index (χ3n) is 3.36. The number of ether oxygens (including phenoxy) is 1. The Kier molecular flexibility index (Phi) is 5.05. The number of methoxy groups -OCH3 is 1. The average Bonchev–Trinajstić information content (AvgIpc) is 2.53. The fourth-order valence-corrected chi connectivity index (χ4v) is 3.73. The lowest BCUT2D eigenvalue weighted by molar-refractivity contribution is 0.411. The molecule has 0 aliphatic heterocycles. The molecule has 0 aliphatic carbocycles. The van der Waals surface area contributed by atoms with Crippen molar-refractivity contribution in [2.75, 3.05) is 18.0 Å². The zero-order valence-corrected chi connectivity index (χ0v) is 13.8. The number of nitrogens with zero attached hydrogens (tertiary/aromatic N) is 1. The quantitative estimate of drug-likeness (QED) is 0.759. The fraction of sp³-hybridized carbons (Fsp3) is 0.176. The molecule has 0 bridgehead atoms. The van der Waals surface area contributed by atoms with E-state index in [1.54, 1.807) is 19.1 Å². The van der Waals surface area contributed by atoms with Crippen LogP contribution in [0.3, 0.4) is 0 Å². The van der Waals surface area contributed by atoms with Crippen LogP contribution < -0.4 is 9.04 Å². The fourth-order valence-electron chi connectivity index (χ4n) is 2.21. The molecule has 2 rings (SSSR count). The minimum absolute atomic E-state index is 0.0824. The van der Waals surface area contributed by atoms with Gasteiger partial charge in [-0.15, -0.1) is 6.58 Å². The number of halogens is 1. The molecule has 0 spiro atoms. The molecule has 0 aromatic heterocycles. The van der Waals surface area contributed by atoms with Gasteiger partial charge in [-0.2, -0.15) is 0 Å². The smallest absolute Gasteiger partial charge is 0.264 e. The molecule has 0 saturated carbocycles. The number of benzene rings is 2. The van der Waals surface area contributed by atoms with E-state index in [-0.39, 0.29) is 11.4 Å². The molecule has 0 fully saturated rings. The SMILES string of the molecule is C=CCN(c1ccc(F)cc1)S(=O)(=O)c1ccc(OC)c(C)c1. The standard InChI is InChI=1S/C17H18FNO3S/c1-4-11-19(15-7-5-14(18)6-8-15)23(20,21)16-9-10-17(22-3)13(2)12-16/h4-10,12H,1,11H2,2-3H3. The first kappa shape index (κ1) is 17.0. The predicted octanol–water partition coefficient (Wildman–Crippen LogP) is 3.52. The van der Waals surface area contributed by atoms with Crippen LogP contribution in [0.15, 0.2) is 60.0 Å². The van der Waals surface area contributed by atoms with Gasteiger partial charge in [0, 0.05) is 0 Å². The summed E-state index contributed by atoms with van der Waals surface area (Å²) >= 11 is 0. The van der Waals surface area contributed by atoms with Crippen LogP contribution in [0.1, 0.15) is 5.56 Å². The van der Waals surface area contributed by atoms with Crippen molar-refractivity contribution in [2.24, 2.45) is 0 Å². The van der Waals surface area contributed by atoms with Crippen LogP contribution in [-0.2, 0) is 10.0 Å². The lowest BCUT2D eigenvalue weighted by atomic mass is 10.2. The van der Waals surface area contributed by atoms with Crippen molar-refractivity contribution < 1.29 is 17.5 Å². The van der Waals surface area contributed by atoms with Gasteiger partial charge < -0.3 is 4.74 Å². The molecule has 0 amide bonds. The summed E-state index contributed by atoms with van der Waals surface area (Å²) in [6.07, 6.45) is 1.48. The first-order valence-electron chi connectivity index (χ1n) is 6.94. The molecule has 6 heteroatoms. The topological polar surface area (TPSA) is 46.6 Å². The summed E-state index contributed by atoms with van der Waals surface area (Å²) in [5.41, 5.74) is 1.09. The third-order valence-corrected chi connectivity index (χ3v) is 5.15. The Bertz CT molecular complexity index is 801. The Morgan fingerprint density at radius 1 is 1.22 bits per heavy atom. The van der Waals surface area contributed by atoms with Gasteiger partial charge in [-0.1, -0.05) is 6.08 Å². The van der Waals surface area contributed by atoms with Gasteiger partial charge in [0.1, 0.15) is 11.6 Å². The molecule has 0 aliphatic rings. The second kappa shape index (κ2) is 6.83. The first-order chi connectivity index (χ1) is 10.9. The van der Waals surface area contributed by atoms with E-state index in [0.29, 0.717) is 17.0 Å². The van der Waals surface area contributed by atoms with Crippen LogP contribution in [-0.4, -0.2) is 22.1 Å². The van der Waals surface area contributed by atoms with Gasteiger partial charge in [-0.05, 0) is 55.0 Å². The number of sulfonamides is 1. The Balaban J connectivity index is 2.50. The predicted molar refractivity (Wildman–Crippen MR) is 88.9 cm³/mol. The van der Waals surface area contributed by atoms with Crippen molar-refractivity contribution in [1.29, 1.82) is 0 Å². The second-order valence-electron chi connectivity index (χ2n) is 4.93. The molecule has 2 aromatic carbocycles. The van der Waals surface area contributed by atoms with Crippen LogP contribution in [0.4, 0.5) is 10.1 Å². The summed E-state index contributed by atoms with van der Waals surface area (Å²) in [4.78, 5) is 0.141. The van der Waals surface area contributed by atoms with Crippen molar-refractivity contribution in [3.8, 4) is 5.75 Å². The molecule has 122 valence electrons. The lowest BCUT2D eigenvalue weighted by Gasteiger charge is -2.23.